The molecule has 0 aromatic carbocycles. The summed E-state index contributed by atoms with van der Waals surface area (Å²) in [4.78, 5) is 10.8. The van der Waals surface area contributed by atoms with E-state index < -0.39 is 0 Å². The number of hydrogen-bond acceptors (Lipinski definition) is 1. The van der Waals surface area contributed by atoms with E-state index in [0.717, 1.165) is 0 Å². The molecule has 1 N–H and O–H groups in total. The molecular weight excluding hydrogens is 126 g/mol. The van der Waals surface area contributed by atoms with Crippen molar-refractivity contribution >= 4 is 5.91 Å². The van der Waals surface area contributed by atoms with Crippen LogP contribution in [0.1, 0.15) is 34.1 Å². The van der Waals surface area contributed by atoms with Crippen LogP contribution in [0.2, 0.25) is 0 Å². The highest BCUT2D eigenvalue weighted by Crippen LogP contribution is 1.99. The maximum Gasteiger partial charge on any atom is 0.219 e. The van der Waals surface area contributed by atoms with Gasteiger partial charge in [-0.1, -0.05) is 20.8 Å². The first-order valence-electron chi connectivity index (χ1n) is 3.87. The lowest BCUT2D eigenvalue weighted by Crippen LogP contribution is -2.35. The number of amides is 1. The fourth-order valence-corrected chi connectivity index (χ4v) is 0.523. The average Bonchev–Trinajstić information content (AvgIpc) is 1.87. The molecule has 1 atom stereocenters. The summed E-state index contributed by atoms with van der Waals surface area (Å²) in [5.41, 5.74) is 0. The van der Waals surface area contributed by atoms with Crippen molar-refractivity contribution in [3.05, 3.63) is 0 Å². The van der Waals surface area contributed by atoms with E-state index in [2.05, 4.69) is 19.2 Å². The Morgan fingerprint density at radius 2 is 1.90 bits per heavy atom. The van der Waals surface area contributed by atoms with Gasteiger partial charge in [-0.2, -0.15) is 0 Å². The van der Waals surface area contributed by atoms with E-state index in [4.69, 9.17) is 0 Å². The van der Waals surface area contributed by atoms with Crippen molar-refractivity contribution in [2.24, 2.45) is 5.92 Å². The van der Waals surface area contributed by atoms with Crippen molar-refractivity contribution in [1.82, 2.24) is 5.32 Å². The Kier molecular flexibility index (Phi) is 4.08. The van der Waals surface area contributed by atoms with Gasteiger partial charge in [0.1, 0.15) is 0 Å². The van der Waals surface area contributed by atoms with Gasteiger partial charge in [0.25, 0.3) is 0 Å². The van der Waals surface area contributed by atoms with Gasteiger partial charge in [-0.3, -0.25) is 4.79 Å². The van der Waals surface area contributed by atoms with Crippen LogP contribution in [-0.2, 0) is 4.79 Å². The lowest BCUT2D eigenvalue weighted by molar-refractivity contribution is -0.121. The van der Waals surface area contributed by atoms with Crippen LogP contribution in [0.15, 0.2) is 0 Å². The first-order chi connectivity index (χ1) is 4.57. The van der Waals surface area contributed by atoms with Crippen LogP contribution < -0.4 is 5.32 Å². The van der Waals surface area contributed by atoms with Crippen LogP contribution in [0, 0.1) is 5.92 Å². The maximum atomic E-state index is 10.8. The number of carbonyl (C=O) groups is 1. The molecule has 0 spiro atoms. The second kappa shape index (κ2) is 4.31. The van der Waals surface area contributed by atoms with Gasteiger partial charge < -0.3 is 5.32 Å². The molecule has 0 aliphatic rings. The van der Waals surface area contributed by atoms with Crippen LogP contribution >= 0.6 is 0 Å². The standard InChI is InChI=1S/C8H17NO/c1-5-8(10)9-7(4)6(2)3/h6-7H,5H2,1-4H3,(H,9,10). The van der Waals surface area contributed by atoms with Crippen molar-refractivity contribution in [1.29, 1.82) is 0 Å². The molecule has 0 bridgehead atoms. The zero-order chi connectivity index (χ0) is 8.15. The largest absolute Gasteiger partial charge is 0.353 e. The fraction of sp³-hybridized carbons (Fsp3) is 0.875. The molecule has 0 radical (unpaired) electrons. The predicted molar refractivity (Wildman–Crippen MR) is 42.7 cm³/mol. The van der Waals surface area contributed by atoms with Crippen LogP contribution in [0.3, 0.4) is 0 Å². The van der Waals surface area contributed by atoms with E-state index in [0.29, 0.717) is 18.4 Å². The molecular formula is C8H17NO. The van der Waals surface area contributed by atoms with E-state index in [1.807, 2.05) is 13.8 Å². The summed E-state index contributed by atoms with van der Waals surface area (Å²) in [6.45, 7) is 8.09. The van der Waals surface area contributed by atoms with Gasteiger partial charge >= 0.3 is 0 Å². The minimum atomic E-state index is 0.140. The van der Waals surface area contributed by atoms with Crippen molar-refractivity contribution in [3.63, 3.8) is 0 Å². The van der Waals surface area contributed by atoms with E-state index in [-0.39, 0.29) is 5.91 Å². The van der Waals surface area contributed by atoms with Gasteiger partial charge in [-0.05, 0) is 12.8 Å². The lowest BCUT2D eigenvalue weighted by Gasteiger charge is -2.16. The summed E-state index contributed by atoms with van der Waals surface area (Å²) in [6, 6.07) is 0.299. The summed E-state index contributed by atoms with van der Waals surface area (Å²) < 4.78 is 0. The normalized spacial score (nSPS) is 13.3. The number of nitrogens with one attached hydrogen (secondary N) is 1. The minimum Gasteiger partial charge on any atom is -0.353 e. The topological polar surface area (TPSA) is 29.1 Å². The summed E-state index contributed by atoms with van der Waals surface area (Å²) in [5.74, 6) is 0.664. The highest BCUT2D eigenvalue weighted by atomic mass is 16.1. The van der Waals surface area contributed by atoms with Crippen molar-refractivity contribution < 1.29 is 4.79 Å². The van der Waals surface area contributed by atoms with Crippen molar-refractivity contribution in [2.75, 3.05) is 0 Å². The molecule has 0 saturated carbocycles. The second-order valence-corrected chi connectivity index (χ2v) is 2.95. The molecule has 2 nitrogen and oxygen atoms in total. The maximum absolute atomic E-state index is 10.8. The van der Waals surface area contributed by atoms with Crippen LogP contribution in [0.4, 0.5) is 0 Å². The minimum absolute atomic E-state index is 0.140. The number of hydrogen-bond donors (Lipinski definition) is 1. The molecule has 0 aromatic heterocycles. The molecule has 2 heteroatoms. The molecule has 0 saturated heterocycles. The first kappa shape index (κ1) is 9.47. The molecule has 0 rings (SSSR count). The van der Waals surface area contributed by atoms with Gasteiger partial charge in [0.15, 0.2) is 0 Å². The predicted octanol–water partition coefficient (Wildman–Crippen LogP) is 1.56. The van der Waals surface area contributed by atoms with Crippen LogP contribution in [-0.4, -0.2) is 11.9 Å². The van der Waals surface area contributed by atoms with E-state index in [1.54, 1.807) is 0 Å². The fourth-order valence-electron chi connectivity index (χ4n) is 0.523. The summed E-state index contributed by atoms with van der Waals surface area (Å²) >= 11 is 0. The van der Waals surface area contributed by atoms with Crippen molar-refractivity contribution in [2.45, 2.75) is 40.2 Å². The van der Waals surface area contributed by atoms with E-state index in [9.17, 15) is 4.79 Å². The number of carbonyl (C=O) groups excluding carboxylic acids is 1. The summed E-state index contributed by atoms with van der Waals surface area (Å²) in [7, 11) is 0. The second-order valence-electron chi connectivity index (χ2n) is 2.95. The van der Waals surface area contributed by atoms with Gasteiger partial charge in [0.05, 0.1) is 0 Å². The highest BCUT2D eigenvalue weighted by molar-refractivity contribution is 5.75. The molecule has 10 heavy (non-hydrogen) atoms. The Morgan fingerprint density at radius 3 is 2.20 bits per heavy atom. The Hall–Kier alpha value is -0.530. The summed E-state index contributed by atoms with van der Waals surface area (Å²) in [5, 5.41) is 2.89. The Bertz CT molecular complexity index is 110. The third kappa shape index (κ3) is 3.49. The molecule has 0 aliphatic carbocycles. The molecule has 60 valence electrons. The molecule has 0 fully saturated rings. The quantitative estimate of drug-likeness (QED) is 0.638. The summed E-state index contributed by atoms with van der Waals surface area (Å²) in [6.07, 6.45) is 0.580. The zero-order valence-corrected chi connectivity index (χ0v) is 7.27. The smallest absolute Gasteiger partial charge is 0.219 e. The SMILES string of the molecule is CCC(=O)NC(C)C(C)C. The van der Waals surface area contributed by atoms with Crippen LogP contribution in [0.5, 0.6) is 0 Å². The zero-order valence-electron chi connectivity index (χ0n) is 7.27. The van der Waals surface area contributed by atoms with Gasteiger partial charge in [-0.25, -0.2) is 0 Å². The van der Waals surface area contributed by atoms with E-state index >= 15 is 0 Å². The molecule has 0 aromatic rings. The molecule has 1 amide bonds. The van der Waals surface area contributed by atoms with Crippen molar-refractivity contribution in [3.8, 4) is 0 Å². The number of rotatable bonds is 3. The Balaban J connectivity index is 3.57. The average molecular weight is 143 g/mol. The molecule has 0 aliphatic heterocycles. The molecule has 1 unspecified atom stereocenters. The monoisotopic (exact) mass is 143 g/mol. The molecule has 0 heterocycles. The van der Waals surface area contributed by atoms with Gasteiger partial charge in [-0.15, -0.1) is 0 Å². The van der Waals surface area contributed by atoms with Crippen LogP contribution in [0.25, 0.3) is 0 Å². The first-order valence-corrected chi connectivity index (χ1v) is 3.87. The third-order valence-corrected chi connectivity index (χ3v) is 1.71. The highest BCUT2D eigenvalue weighted by Gasteiger charge is 2.07. The Labute approximate surface area is 63.0 Å². The van der Waals surface area contributed by atoms with E-state index in [1.165, 1.54) is 0 Å². The Morgan fingerprint density at radius 1 is 1.40 bits per heavy atom. The van der Waals surface area contributed by atoms with Gasteiger partial charge in [0.2, 0.25) is 5.91 Å². The third-order valence-electron chi connectivity index (χ3n) is 1.71. The lowest BCUT2D eigenvalue weighted by atomic mass is 10.1. The van der Waals surface area contributed by atoms with Gasteiger partial charge in [0, 0.05) is 12.5 Å².